The maximum absolute atomic E-state index is 14.3. The summed E-state index contributed by atoms with van der Waals surface area (Å²) in [5.41, 5.74) is -0.156. The minimum Gasteiger partial charge on any atom is -0.244 e. The molecule has 0 aliphatic heterocycles. The molecule has 0 amide bonds. The summed E-state index contributed by atoms with van der Waals surface area (Å²) >= 11 is 0. The van der Waals surface area contributed by atoms with Gasteiger partial charge >= 0.3 is 0 Å². The topological polar surface area (TPSA) is 23.8 Å². The van der Waals surface area contributed by atoms with Gasteiger partial charge in [0.1, 0.15) is 23.1 Å². The number of hydrogen-bond donors (Lipinski definition) is 0. The third-order valence-corrected chi connectivity index (χ3v) is 4.23. The molecule has 0 aliphatic rings. The van der Waals surface area contributed by atoms with Crippen LogP contribution in [0, 0.1) is 28.9 Å². The van der Waals surface area contributed by atoms with Crippen LogP contribution in [0.4, 0.5) is 13.2 Å². The largest absolute Gasteiger partial charge is 0.244 e. The SMILES string of the molecule is C=C(C(=C/C)/C=C(\C)c1ccc(F)c(C#N)c1F)C(C)C(C)(C)F. The highest BCUT2D eigenvalue weighted by Crippen LogP contribution is 2.33. The number of rotatable bonds is 5. The van der Waals surface area contributed by atoms with Crippen molar-refractivity contribution in [2.45, 2.75) is 40.3 Å². The first-order valence-electron chi connectivity index (χ1n) is 7.65. The molecule has 4 heteroatoms. The van der Waals surface area contributed by atoms with E-state index in [1.165, 1.54) is 26.0 Å². The summed E-state index contributed by atoms with van der Waals surface area (Å²) in [5.74, 6) is -2.22. The third-order valence-electron chi connectivity index (χ3n) is 4.23. The molecule has 1 aromatic rings. The van der Waals surface area contributed by atoms with Crippen LogP contribution in [0.15, 0.2) is 42.0 Å². The predicted octanol–water partition coefficient (Wildman–Crippen LogP) is 6.13. The molecule has 0 fully saturated rings. The lowest BCUT2D eigenvalue weighted by Gasteiger charge is -2.26. The van der Waals surface area contributed by atoms with E-state index in [-0.39, 0.29) is 5.56 Å². The van der Waals surface area contributed by atoms with E-state index < -0.39 is 28.8 Å². The van der Waals surface area contributed by atoms with Gasteiger partial charge in [0, 0.05) is 11.5 Å². The van der Waals surface area contributed by atoms with Gasteiger partial charge in [0.2, 0.25) is 0 Å². The van der Waals surface area contributed by atoms with Crippen LogP contribution in [-0.4, -0.2) is 5.67 Å². The van der Waals surface area contributed by atoms with Crippen LogP contribution in [0.25, 0.3) is 5.57 Å². The smallest absolute Gasteiger partial charge is 0.151 e. The zero-order valence-corrected chi connectivity index (χ0v) is 14.7. The maximum atomic E-state index is 14.3. The molecule has 0 bridgehead atoms. The van der Waals surface area contributed by atoms with Crippen LogP contribution in [0.3, 0.4) is 0 Å². The summed E-state index contributed by atoms with van der Waals surface area (Å²) in [6.45, 7) is 12.1. The van der Waals surface area contributed by atoms with Gasteiger partial charge in [-0.2, -0.15) is 5.26 Å². The highest BCUT2D eigenvalue weighted by molar-refractivity contribution is 5.70. The van der Waals surface area contributed by atoms with Crippen molar-refractivity contribution >= 4 is 5.57 Å². The second kappa shape index (κ2) is 7.53. The maximum Gasteiger partial charge on any atom is 0.151 e. The molecule has 0 heterocycles. The molecular weight excluding hydrogens is 311 g/mol. The van der Waals surface area contributed by atoms with Gasteiger partial charge in [0.25, 0.3) is 0 Å². The van der Waals surface area contributed by atoms with Crippen molar-refractivity contribution in [3.63, 3.8) is 0 Å². The Hall–Kier alpha value is -2.28. The van der Waals surface area contributed by atoms with E-state index in [0.29, 0.717) is 16.7 Å². The molecule has 0 N–H and O–H groups in total. The molecule has 0 aliphatic carbocycles. The molecule has 1 aromatic carbocycles. The monoisotopic (exact) mass is 333 g/mol. The first-order chi connectivity index (χ1) is 11.0. The quantitative estimate of drug-likeness (QED) is 0.595. The third kappa shape index (κ3) is 4.17. The number of alkyl halides is 1. The Balaban J connectivity index is 3.30. The van der Waals surface area contributed by atoms with Crippen molar-refractivity contribution in [3.05, 3.63) is 64.8 Å². The van der Waals surface area contributed by atoms with Gasteiger partial charge in [-0.1, -0.05) is 25.7 Å². The van der Waals surface area contributed by atoms with Gasteiger partial charge in [0.05, 0.1) is 0 Å². The van der Waals surface area contributed by atoms with Crippen molar-refractivity contribution in [1.82, 2.24) is 0 Å². The van der Waals surface area contributed by atoms with E-state index in [1.54, 1.807) is 32.9 Å². The molecule has 0 saturated carbocycles. The molecule has 1 atom stereocenters. The van der Waals surface area contributed by atoms with E-state index in [9.17, 15) is 13.2 Å². The van der Waals surface area contributed by atoms with Gasteiger partial charge in [0.15, 0.2) is 5.82 Å². The molecule has 24 heavy (non-hydrogen) atoms. The highest BCUT2D eigenvalue weighted by Gasteiger charge is 2.28. The zero-order chi connectivity index (χ0) is 18.7. The number of benzene rings is 1. The molecule has 1 rings (SSSR count). The molecule has 1 nitrogen and oxygen atoms in total. The summed E-state index contributed by atoms with van der Waals surface area (Å²) in [6, 6.07) is 3.88. The lowest BCUT2D eigenvalue weighted by atomic mass is 9.83. The van der Waals surface area contributed by atoms with Crippen molar-refractivity contribution < 1.29 is 13.2 Å². The summed E-state index contributed by atoms with van der Waals surface area (Å²) in [4.78, 5) is 0. The molecule has 1 unspecified atom stereocenters. The van der Waals surface area contributed by atoms with Crippen molar-refractivity contribution in [2.75, 3.05) is 0 Å². The Morgan fingerprint density at radius 2 is 1.92 bits per heavy atom. The number of hydrogen-bond acceptors (Lipinski definition) is 1. The van der Waals surface area contributed by atoms with E-state index in [4.69, 9.17) is 5.26 Å². The van der Waals surface area contributed by atoms with E-state index in [1.807, 2.05) is 0 Å². The average Bonchev–Trinajstić information content (AvgIpc) is 2.50. The van der Waals surface area contributed by atoms with Gasteiger partial charge in [-0.25, -0.2) is 13.2 Å². The molecular formula is C20H22F3N. The molecule has 0 saturated heterocycles. The van der Waals surface area contributed by atoms with Crippen LogP contribution < -0.4 is 0 Å². The summed E-state index contributed by atoms with van der Waals surface area (Å²) in [7, 11) is 0. The van der Waals surface area contributed by atoms with Crippen molar-refractivity contribution in [1.29, 1.82) is 5.26 Å². The second-order valence-electron chi connectivity index (χ2n) is 6.28. The fourth-order valence-electron chi connectivity index (χ4n) is 2.30. The minimum atomic E-state index is -1.44. The first kappa shape index (κ1) is 19.8. The standard InChI is InChI=1S/C20H22F3N/c1-7-15(13(3)14(4)20(5,6)23)10-12(2)16-8-9-18(21)17(11-24)19(16)22/h7-10,14H,3H2,1-2,4-6H3/b12-10+,15-7+. The Kier molecular flexibility index (Phi) is 6.20. The predicted molar refractivity (Wildman–Crippen MR) is 92.0 cm³/mol. The van der Waals surface area contributed by atoms with E-state index >= 15 is 0 Å². The van der Waals surface area contributed by atoms with Crippen LogP contribution in [0.2, 0.25) is 0 Å². The van der Waals surface area contributed by atoms with Gasteiger partial charge in [-0.3, -0.25) is 0 Å². The van der Waals surface area contributed by atoms with Crippen LogP contribution >= 0.6 is 0 Å². The number of allylic oxidation sites excluding steroid dienone is 5. The lowest BCUT2D eigenvalue weighted by molar-refractivity contribution is 0.159. The number of nitrogens with zero attached hydrogens (tertiary/aromatic N) is 1. The van der Waals surface area contributed by atoms with Gasteiger partial charge in [-0.15, -0.1) is 0 Å². The Morgan fingerprint density at radius 1 is 1.33 bits per heavy atom. The normalized spacial score (nSPS) is 14.3. The van der Waals surface area contributed by atoms with E-state index in [0.717, 1.165) is 6.07 Å². The molecule has 0 radical (unpaired) electrons. The zero-order valence-electron chi connectivity index (χ0n) is 14.7. The summed E-state index contributed by atoms with van der Waals surface area (Å²) in [5, 5.41) is 8.87. The van der Waals surface area contributed by atoms with Crippen molar-refractivity contribution in [3.8, 4) is 6.07 Å². The van der Waals surface area contributed by atoms with Crippen LogP contribution in [0.5, 0.6) is 0 Å². The second-order valence-corrected chi connectivity index (χ2v) is 6.28. The summed E-state index contributed by atoms with van der Waals surface area (Å²) < 4.78 is 41.9. The Morgan fingerprint density at radius 3 is 2.38 bits per heavy atom. The number of nitriles is 1. The fourth-order valence-corrected chi connectivity index (χ4v) is 2.30. The van der Waals surface area contributed by atoms with Gasteiger partial charge in [-0.05, 0) is 56.5 Å². The fraction of sp³-hybridized carbons (Fsp3) is 0.350. The molecule has 128 valence electrons. The molecule has 0 spiro atoms. The average molecular weight is 333 g/mol. The van der Waals surface area contributed by atoms with Crippen LogP contribution in [0.1, 0.15) is 45.7 Å². The Labute approximate surface area is 141 Å². The summed E-state index contributed by atoms with van der Waals surface area (Å²) in [6.07, 6.45) is 3.43. The minimum absolute atomic E-state index is 0.132. The Bertz CT molecular complexity index is 743. The lowest BCUT2D eigenvalue weighted by Crippen LogP contribution is -2.25. The highest BCUT2D eigenvalue weighted by atomic mass is 19.1. The van der Waals surface area contributed by atoms with Crippen molar-refractivity contribution in [2.24, 2.45) is 5.92 Å². The van der Waals surface area contributed by atoms with Gasteiger partial charge < -0.3 is 0 Å². The first-order valence-corrected chi connectivity index (χ1v) is 7.65. The number of halogens is 3. The molecule has 0 aromatic heterocycles. The van der Waals surface area contributed by atoms with E-state index in [2.05, 4.69) is 6.58 Å². The van der Waals surface area contributed by atoms with Crippen LogP contribution in [-0.2, 0) is 0 Å².